The minimum Gasteiger partial charge on any atom is -0.456 e. The fourth-order valence-corrected chi connectivity index (χ4v) is 3.59. The van der Waals surface area contributed by atoms with E-state index in [0.29, 0.717) is 17.8 Å². The molecule has 2 aliphatic rings. The molecule has 0 aromatic heterocycles. The van der Waals surface area contributed by atoms with Crippen LogP contribution >= 0.6 is 0 Å². The molecule has 0 fully saturated rings. The molecule has 0 aliphatic carbocycles. The summed E-state index contributed by atoms with van der Waals surface area (Å²) in [5.41, 5.74) is 4.81. The second-order valence-corrected chi connectivity index (χ2v) is 7.58. The van der Waals surface area contributed by atoms with Gasteiger partial charge in [-0.3, -0.25) is 9.69 Å². The molecule has 7 heteroatoms. The Morgan fingerprint density at radius 2 is 1.70 bits per heavy atom. The van der Waals surface area contributed by atoms with Gasteiger partial charge in [0.15, 0.2) is 0 Å². The van der Waals surface area contributed by atoms with Crippen molar-refractivity contribution >= 4 is 17.9 Å². The quantitative estimate of drug-likeness (QED) is 0.749. The molecule has 0 spiro atoms. The van der Waals surface area contributed by atoms with Crippen LogP contribution in [-0.4, -0.2) is 36.0 Å². The molecule has 154 valence electrons. The lowest BCUT2D eigenvalue weighted by Gasteiger charge is -2.32. The smallest absolute Gasteiger partial charge is 0.338 e. The van der Waals surface area contributed by atoms with Crippen LogP contribution in [0.25, 0.3) is 0 Å². The molecule has 2 aromatic rings. The molecule has 0 saturated heterocycles. The second kappa shape index (κ2) is 8.02. The summed E-state index contributed by atoms with van der Waals surface area (Å²) in [6.07, 6.45) is 0. The molecule has 4 rings (SSSR count). The van der Waals surface area contributed by atoms with Crippen molar-refractivity contribution in [2.75, 3.05) is 13.2 Å². The number of aryl methyl sites for hydroxylation is 2. The highest BCUT2D eigenvalue weighted by Gasteiger charge is 2.42. The maximum Gasteiger partial charge on any atom is 0.338 e. The predicted octanol–water partition coefficient (Wildman–Crippen LogP) is 2.50. The average Bonchev–Trinajstić information content (AvgIpc) is 3.12. The summed E-state index contributed by atoms with van der Waals surface area (Å²) in [5.74, 6) is -0.786. The van der Waals surface area contributed by atoms with E-state index in [9.17, 15) is 14.4 Å². The number of urea groups is 1. The van der Waals surface area contributed by atoms with Crippen molar-refractivity contribution in [2.24, 2.45) is 0 Å². The van der Waals surface area contributed by atoms with E-state index in [2.05, 4.69) is 10.6 Å². The standard InChI is InChI=1S/C23H23N3O4/c1-14-3-7-16(8-4-14)11-24-19(27)12-26-18-13-30-22(28)20(18)21(25-23(26)29)17-9-5-15(2)6-10-17/h3-10,21H,11-13H2,1-2H3,(H,24,27)(H,25,29). The SMILES string of the molecule is Cc1ccc(CNC(=O)CN2C(=O)NC(c3ccc(C)cc3)C3=C2COC3=O)cc1. The number of carbonyl (C=O) groups is 3. The summed E-state index contributed by atoms with van der Waals surface area (Å²) >= 11 is 0. The normalized spacial score (nSPS) is 18.1. The van der Waals surface area contributed by atoms with Gasteiger partial charge in [0.2, 0.25) is 5.91 Å². The highest BCUT2D eigenvalue weighted by atomic mass is 16.5. The van der Waals surface area contributed by atoms with Crippen molar-refractivity contribution in [3.05, 3.63) is 82.1 Å². The van der Waals surface area contributed by atoms with Gasteiger partial charge in [-0.25, -0.2) is 9.59 Å². The first kappa shape index (κ1) is 19.7. The van der Waals surface area contributed by atoms with Crippen LogP contribution in [0.3, 0.4) is 0 Å². The van der Waals surface area contributed by atoms with E-state index in [1.807, 2.05) is 62.4 Å². The number of hydrogen-bond donors (Lipinski definition) is 2. The Balaban J connectivity index is 1.51. The molecule has 2 heterocycles. The number of nitrogens with zero attached hydrogens (tertiary/aromatic N) is 1. The van der Waals surface area contributed by atoms with Crippen LogP contribution in [0.2, 0.25) is 0 Å². The van der Waals surface area contributed by atoms with E-state index in [-0.39, 0.29) is 19.1 Å². The zero-order valence-corrected chi connectivity index (χ0v) is 16.9. The third kappa shape index (κ3) is 3.91. The number of ether oxygens (including phenoxy) is 1. The van der Waals surface area contributed by atoms with Gasteiger partial charge in [0.05, 0.1) is 17.3 Å². The van der Waals surface area contributed by atoms with Gasteiger partial charge in [0.25, 0.3) is 0 Å². The number of benzene rings is 2. The summed E-state index contributed by atoms with van der Waals surface area (Å²) < 4.78 is 5.20. The minimum absolute atomic E-state index is 0.0187. The maximum absolute atomic E-state index is 12.8. The summed E-state index contributed by atoms with van der Waals surface area (Å²) in [6, 6.07) is 14.4. The van der Waals surface area contributed by atoms with Gasteiger partial charge < -0.3 is 15.4 Å². The molecule has 7 nitrogen and oxygen atoms in total. The molecule has 2 N–H and O–H groups in total. The third-order valence-electron chi connectivity index (χ3n) is 5.32. The summed E-state index contributed by atoms with van der Waals surface area (Å²) in [5, 5.41) is 5.66. The van der Waals surface area contributed by atoms with Gasteiger partial charge in [0, 0.05) is 6.54 Å². The Kier molecular flexibility index (Phi) is 5.27. The molecule has 0 saturated carbocycles. The summed E-state index contributed by atoms with van der Waals surface area (Å²) in [4.78, 5) is 38.9. The first-order chi connectivity index (χ1) is 14.4. The van der Waals surface area contributed by atoms with Crippen LogP contribution in [0.4, 0.5) is 4.79 Å². The second-order valence-electron chi connectivity index (χ2n) is 7.58. The van der Waals surface area contributed by atoms with Crippen LogP contribution in [0, 0.1) is 13.8 Å². The monoisotopic (exact) mass is 405 g/mol. The van der Waals surface area contributed by atoms with Gasteiger partial charge in [-0.1, -0.05) is 59.7 Å². The zero-order chi connectivity index (χ0) is 21.3. The Labute approximate surface area is 174 Å². The van der Waals surface area contributed by atoms with Gasteiger partial charge in [0.1, 0.15) is 13.2 Å². The number of hydrogen-bond acceptors (Lipinski definition) is 4. The average molecular weight is 405 g/mol. The Hall–Kier alpha value is -3.61. The lowest BCUT2D eigenvalue weighted by atomic mass is 9.95. The summed E-state index contributed by atoms with van der Waals surface area (Å²) in [6.45, 7) is 4.12. The molecule has 2 aromatic carbocycles. The topological polar surface area (TPSA) is 87.7 Å². The van der Waals surface area contributed by atoms with Gasteiger partial charge in [-0.2, -0.15) is 0 Å². The van der Waals surface area contributed by atoms with Crippen molar-refractivity contribution in [1.29, 1.82) is 0 Å². The first-order valence-corrected chi connectivity index (χ1v) is 9.79. The van der Waals surface area contributed by atoms with Gasteiger partial charge in [-0.15, -0.1) is 0 Å². The predicted molar refractivity (Wildman–Crippen MR) is 110 cm³/mol. The molecular weight excluding hydrogens is 382 g/mol. The summed E-state index contributed by atoms with van der Waals surface area (Å²) in [7, 11) is 0. The van der Waals surface area contributed by atoms with Crippen molar-refractivity contribution in [3.63, 3.8) is 0 Å². The highest BCUT2D eigenvalue weighted by molar-refractivity contribution is 5.98. The number of carbonyl (C=O) groups excluding carboxylic acids is 3. The van der Waals surface area contributed by atoms with Crippen molar-refractivity contribution in [2.45, 2.75) is 26.4 Å². The molecule has 1 atom stereocenters. The largest absolute Gasteiger partial charge is 0.456 e. The van der Waals surface area contributed by atoms with Gasteiger partial charge >= 0.3 is 12.0 Å². The fourth-order valence-electron chi connectivity index (χ4n) is 3.59. The Morgan fingerprint density at radius 1 is 1.07 bits per heavy atom. The van der Waals surface area contributed by atoms with Gasteiger partial charge in [-0.05, 0) is 25.0 Å². The van der Waals surface area contributed by atoms with Crippen molar-refractivity contribution in [3.8, 4) is 0 Å². The number of cyclic esters (lactones) is 1. The van der Waals surface area contributed by atoms with E-state index < -0.39 is 18.0 Å². The molecule has 1 unspecified atom stereocenters. The van der Waals surface area contributed by atoms with Crippen LogP contribution in [-0.2, 0) is 20.9 Å². The fraction of sp³-hybridized carbons (Fsp3) is 0.261. The van der Waals surface area contributed by atoms with Crippen LogP contribution in [0.1, 0.15) is 28.3 Å². The van der Waals surface area contributed by atoms with E-state index in [1.165, 1.54) is 4.90 Å². The number of amides is 3. The molecular formula is C23H23N3O4. The molecule has 0 bridgehead atoms. The molecule has 3 amide bonds. The lowest BCUT2D eigenvalue weighted by molar-refractivity contribution is -0.136. The zero-order valence-electron chi connectivity index (χ0n) is 16.9. The maximum atomic E-state index is 12.8. The van der Waals surface area contributed by atoms with E-state index in [1.54, 1.807) is 0 Å². The molecule has 0 radical (unpaired) electrons. The van der Waals surface area contributed by atoms with E-state index >= 15 is 0 Å². The van der Waals surface area contributed by atoms with Crippen molar-refractivity contribution < 1.29 is 19.1 Å². The molecule has 2 aliphatic heterocycles. The van der Waals surface area contributed by atoms with Crippen molar-refractivity contribution in [1.82, 2.24) is 15.5 Å². The number of nitrogens with one attached hydrogen (secondary N) is 2. The highest BCUT2D eigenvalue weighted by Crippen LogP contribution is 2.34. The van der Waals surface area contributed by atoms with Crippen LogP contribution in [0.5, 0.6) is 0 Å². The van der Waals surface area contributed by atoms with E-state index in [0.717, 1.165) is 22.3 Å². The van der Waals surface area contributed by atoms with E-state index in [4.69, 9.17) is 4.74 Å². The Morgan fingerprint density at radius 3 is 2.37 bits per heavy atom. The van der Waals surface area contributed by atoms with Crippen LogP contribution < -0.4 is 10.6 Å². The number of esters is 1. The number of rotatable bonds is 5. The molecule has 30 heavy (non-hydrogen) atoms. The lowest BCUT2D eigenvalue weighted by Crippen LogP contribution is -2.50. The minimum atomic E-state index is -0.588. The first-order valence-electron chi connectivity index (χ1n) is 9.79. The Bertz CT molecular complexity index is 1030. The third-order valence-corrected chi connectivity index (χ3v) is 5.32. The van der Waals surface area contributed by atoms with Crippen LogP contribution in [0.15, 0.2) is 59.8 Å².